The van der Waals surface area contributed by atoms with Crippen LogP contribution in [0.5, 0.6) is 0 Å². The van der Waals surface area contributed by atoms with Crippen LogP contribution < -0.4 is 0 Å². The van der Waals surface area contributed by atoms with Crippen LogP contribution in [-0.4, -0.2) is 33.6 Å². The van der Waals surface area contributed by atoms with Gasteiger partial charge in [-0.25, -0.2) is 19.9 Å². The lowest BCUT2D eigenvalue weighted by atomic mass is 10.00. The summed E-state index contributed by atoms with van der Waals surface area (Å²) < 4.78 is 65.7. The highest BCUT2D eigenvalue weighted by Gasteiger charge is 2.25. The predicted molar refractivity (Wildman–Crippen MR) is 482 cm³/mol. The zero-order valence-electron chi connectivity index (χ0n) is 66.9. The van der Waals surface area contributed by atoms with Crippen molar-refractivity contribution in [3.8, 4) is 62.4 Å². The van der Waals surface area contributed by atoms with Gasteiger partial charge in [0.05, 0.1) is 75.1 Å². The van der Waals surface area contributed by atoms with Gasteiger partial charge in [0.2, 0.25) is 0 Å². The topological polar surface area (TPSA) is 66.3 Å². The highest BCUT2D eigenvalue weighted by Crippen LogP contribution is 2.47. The summed E-state index contributed by atoms with van der Waals surface area (Å²) in [5.74, 6) is 0.814. The molecule has 0 bridgehead atoms. The molecule has 25 rings (SSSR count). The number of para-hydroxylation sites is 4. The van der Waals surface area contributed by atoms with Crippen molar-refractivity contribution in [2.45, 2.75) is 0 Å². The maximum absolute atomic E-state index is 9.92. The lowest BCUT2D eigenvalue weighted by Gasteiger charge is -2.16. The molecular weight excluding hydrogens is 1400 g/mol. The summed E-state index contributed by atoms with van der Waals surface area (Å²) >= 11 is 1.71. The zero-order chi connectivity index (χ0) is 79.9. The van der Waals surface area contributed by atoms with Crippen molar-refractivity contribution >= 4 is 183 Å². The van der Waals surface area contributed by atoms with Crippen molar-refractivity contribution < 1.29 is 8.22 Å². The second kappa shape index (κ2) is 25.3. The van der Waals surface area contributed by atoms with E-state index in [1.54, 1.807) is 11.3 Å². The Morgan fingerprint density at radius 1 is 0.237 bits per heavy atom. The van der Waals surface area contributed by atoms with Crippen LogP contribution in [0.2, 0.25) is 0 Å². The summed E-state index contributed by atoms with van der Waals surface area (Å²) in [7, 11) is 0. The first-order valence-electron chi connectivity index (χ1n) is 41.3. The zero-order valence-corrected chi connectivity index (χ0v) is 61.8. The van der Waals surface area contributed by atoms with Gasteiger partial charge < -0.3 is 13.7 Å². The second-order valence-electron chi connectivity index (χ2n) is 29.4. The SMILES string of the molecule is [2H]c1c([2H])c([2H])c2c(-n3c4cc5ccccc5cc4c4c5ccccc5ccc43)c([2H])c([2H])c(-c3nc(-c4ccc5c(c4)sc4ccccc45)c4ccccc4n3)c2c1[2H].c1ccc(-n2c3ccccc3c3ccc(-c4nc(-c5ccc(-n6c7cc8ccccc8cc7c7c8ccccc8ccc76)c6ccccc56)nc5ccccc45)cc32)cc1. The third-order valence-corrected chi connectivity index (χ3v) is 24.3. The molecule has 0 aliphatic carbocycles. The first-order chi connectivity index (χ1) is 59.0. The van der Waals surface area contributed by atoms with Crippen molar-refractivity contribution in [1.29, 1.82) is 0 Å². The predicted octanol–water partition coefficient (Wildman–Crippen LogP) is 28.5. The van der Waals surface area contributed by atoms with Crippen LogP contribution in [0, 0.1) is 0 Å². The molecule has 0 radical (unpaired) electrons. The van der Waals surface area contributed by atoms with Crippen molar-refractivity contribution in [3.05, 3.63) is 382 Å². The Morgan fingerprint density at radius 2 is 0.702 bits per heavy atom. The number of benzene rings is 19. The molecule has 528 valence electrons. The van der Waals surface area contributed by atoms with E-state index < -0.39 is 12.1 Å². The maximum Gasteiger partial charge on any atom is 0.161 e. The maximum atomic E-state index is 9.92. The second-order valence-corrected chi connectivity index (χ2v) is 30.5. The average Bonchev–Trinajstić information content (AvgIpc) is 1.40. The van der Waals surface area contributed by atoms with Gasteiger partial charge in [-0.3, -0.25) is 0 Å². The minimum Gasteiger partial charge on any atom is -0.309 e. The molecular formula is C106H63N7S. The molecule has 0 aliphatic rings. The van der Waals surface area contributed by atoms with Gasteiger partial charge in [-0.05, 0) is 163 Å². The van der Waals surface area contributed by atoms with Crippen LogP contribution in [0.15, 0.2) is 382 Å². The molecule has 7 nitrogen and oxygen atoms in total. The Balaban J connectivity index is 0.000000136. The Bertz CT molecular complexity index is 8780. The van der Waals surface area contributed by atoms with Crippen molar-refractivity contribution in [1.82, 2.24) is 33.6 Å². The summed E-state index contributed by atoms with van der Waals surface area (Å²) in [6.45, 7) is 0. The monoisotopic (exact) mass is 1470 g/mol. The molecule has 8 heteroatoms. The van der Waals surface area contributed by atoms with Gasteiger partial charge in [-0.15, -0.1) is 11.3 Å². The molecule has 0 atom stereocenters. The smallest absolute Gasteiger partial charge is 0.161 e. The Morgan fingerprint density at radius 3 is 1.34 bits per heavy atom. The van der Waals surface area contributed by atoms with Crippen molar-refractivity contribution in [3.63, 3.8) is 0 Å². The van der Waals surface area contributed by atoms with Crippen LogP contribution in [-0.2, 0) is 0 Å². The third kappa shape index (κ3) is 9.88. The van der Waals surface area contributed by atoms with E-state index in [0.717, 1.165) is 120 Å². The number of thiophene rings is 1. The van der Waals surface area contributed by atoms with E-state index in [1.165, 1.54) is 69.7 Å². The molecule has 25 aromatic rings. The summed E-state index contributed by atoms with van der Waals surface area (Å²) in [5.41, 5.74) is 14.7. The molecule has 0 aliphatic heterocycles. The highest BCUT2D eigenvalue weighted by molar-refractivity contribution is 7.25. The minimum absolute atomic E-state index is 0.0809. The van der Waals surface area contributed by atoms with E-state index >= 15 is 0 Å². The number of hydrogen-bond donors (Lipinski definition) is 0. The number of fused-ring (bicyclic) bond motifs is 22. The van der Waals surface area contributed by atoms with E-state index in [0.29, 0.717) is 17.0 Å². The minimum atomic E-state index is -0.438. The Labute approximate surface area is 665 Å². The van der Waals surface area contributed by atoms with Crippen LogP contribution in [0.25, 0.3) is 234 Å². The Kier molecular flexibility index (Phi) is 12.9. The number of rotatable bonds is 7. The lowest BCUT2D eigenvalue weighted by molar-refractivity contribution is 1.18. The fourth-order valence-electron chi connectivity index (χ4n) is 18.1. The lowest BCUT2D eigenvalue weighted by Crippen LogP contribution is -1.99. The van der Waals surface area contributed by atoms with Gasteiger partial charge in [0.25, 0.3) is 0 Å². The van der Waals surface area contributed by atoms with Crippen molar-refractivity contribution in [2.24, 2.45) is 0 Å². The van der Waals surface area contributed by atoms with Gasteiger partial charge in [-0.1, -0.05) is 273 Å². The van der Waals surface area contributed by atoms with E-state index in [4.69, 9.17) is 22.7 Å². The normalized spacial score (nSPS) is 12.8. The van der Waals surface area contributed by atoms with Crippen LogP contribution in [0.1, 0.15) is 8.22 Å². The van der Waals surface area contributed by atoms with Gasteiger partial charge in [-0.2, -0.15) is 0 Å². The molecule has 0 saturated heterocycles. The summed E-state index contributed by atoms with van der Waals surface area (Å²) in [5, 5.41) is 22.5. The third-order valence-electron chi connectivity index (χ3n) is 23.2. The van der Waals surface area contributed by atoms with Gasteiger partial charge in [0.1, 0.15) is 0 Å². The summed E-state index contributed by atoms with van der Waals surface area (Å²) in [6, 6.07) is 119. The molecule has 114 heavy (non-hydrogen) atoms. The molecule has 6 heterocycles. The van der Waals surface area contributed by atoms with Crippen LogP contribution >= 0.6 is 11.3 Å². The standard InChI is InChI=1S/C56H34N4.C50H29N3S/c1-2-17-39(18-3-1)59-49-25-13-11-22-43(49)44-28-26-38(34-52(44)59)55-46-23-10-12-24-48(46)57-56(58-55)45-29-31-50(42-21-9-8-20-41(42)45)60-51-30-27-35-14-6-7-19-40(35)54(51)47-32-36-15-4-5-16-37(36)33-53(47)60;1-2-13-32-28-45-41(27-31(32)12-1)48-34-14-4-3-11-30(34)22-25-44(48)53(45)43-26-24-39(35-15-5-6-16-36(35)43)50-51-42-19-9-7-18-40(42)49(52-50)33-21-23-38-37-17-8-10-20-46(37)54-47(38)29-33/h1-34H;1-29H/i;5D,6D,15D,16D,24D,26D. The molecule has 19 aromatic carbocycles. The summed E-state index contributed by atoms with van der Waals surface area (Å²) in [6.07, 6.45) is 0. The highest BCUT2D eigenvalue weighted by atomic mass is 32.1. The largest absolute Gasteiger partial charge is 0.309 e. The van der Waals surface area contributed by atoms with Crippen molar-refractivity contribution in [2.75, 3.05) is 0 Å². The number of nitrogens with zero attached hydrogens (tertiary/aromatic N) is 7. The Hall–Kier alpha value is -15.0. The number of aromatic nitrogens is 7. The first kappa shape index (κ1) is 58.1. The van der Waals surface area contributed by atoms with Gasteiger partial charge in [0.15, 0.2) is 11.6 Å². The molecule has 0 unspecified atom stereocenters. The van der Waals surface area contributed by atoms with E-state index in [-0.39, 0.29) is 52.0 Å². The average molecular weight is 1470 g/mol. The number of hydrogen-bond acceptors (Lipinski definition) is 5. The molecule has 0 fully saturated rings. The molecule has 0 N–H and O–H groups in total. The summed E-state index contributed by atoms with van der Waals surface area (Å²) in [4.78, 5) is 20.9. The molecule has 0 spiro atoms. The first-order valence-corrected chi connectivity index (χ1v) is 39.2. The fraction of sp³-hybridized carbons (Fsp3) is 0. The van der Waals surface area contributed by atoms with Crippen LogP contribution in [0.4, 0.5) is 0 Å². The quantitative estimate of drug-likeness (QED) is 0.159. The molecule has 0 amide bonds. The molecule has 6 aromatic heterocycles. The van der Waals surface area contributed by atoms with Crippen LogP contribution in [0.3, 0.4) is 0 Å². The molecule has 0 saturated carbocycles. The van der Waals surface area contributed by atoms with Gasteiger partial charge in [0, 0.05) is 102 Å². The fourth-order valence-corrected chi connectivity index (χ4v) is 19.2. The van der Waals surface area contributed by atoms with E-state index in [2.05, 4.69) is 270 Å². The van der Waals surface area contributed by atoms with Gasteiger partial charge >= 0.3 is 0 Å². The van der Waals surface area contributed by atoms with E-state index in [1.807, 2.05) is 89.5 Å². The van der Waals surface area contributed by atoms with E-state index in [9.17, 15) is 5.48 Å².